The van der Waals surface area contributed by atoms with Gasteiger partial charge in [-0.05, 0) is 57.1 Å². The Hall–Kier alpha value is -0.770. The van der Waals surface area contributed by atoms with Gasteiger partial charge in [0.15, 0.2) is 0 Å². The molecule has 4 heteroatoms. The lowest BCUT2D eigenvalue weighted by atomic mass is 9.88. The number of hydrogen-bond acceptors (Lipinski definition) is 3. The van der Waals surface area contributed by atoms with Crippen molar-refractivity contribution in [2.75, 3.05) is 20.2 Å². The van der Waals surface area contributed by atoms with Crippen molar-refractivity contribution >= 4 is 11.6 Å². The molecule has 0 aliphatic heterocycles. The first-order valence-electron chi connectivity index (χ1n) is 7.19. The van der Waals surface area contributed by atoms with Crippen LogP contribution in [0.4, 0.5) is 0 Å². The third kappa shape index (κ3) is 3.87. The molecular weight excluding hydrogens is 272 g/mol. The molecule has 1 unspecified atom stereocenters. The van der Waals surface area contributed by atoms with Crippen molar-refractivity contribution in [3.63, 3.8) is 0 Å². The molecule has 1 rings (SSSR count). The molecule has 0 spiro atoms. The highest BCUT2D eigenvalue weighted by molar-refractivity contribution is 6.30. The minimum Gasteiger partial charge on any atom is -0.496 e. The van der Waals surface area contributed by atoms with Gasteiger partial charge in [-0.1, -0.05) is 25.4 Å². The molecule has 0 aliphatic rings. The maximum atomic E-state index is 6.47. The topological polar surface area (TPSA) is 38.5 Å². The van der Waals surface area contributed by atoms with Gasteiger partial charge in [-0.3, -0.25) is 4.90 Å². The molecule has 1 atom stereocenters. The summed E-state index contributed by atoms with van der Waals surface area (Å²) in [4.78, 5) is 2.38. The van der Waals surface area contributed by atoms with Gasteiger partial charge in [-0.2, -0.15) is 0 Å². The standard InChI is InChI=1S/C16H27ClN2O/c1-6-19(7-2)16(3,4)15(18)11-12-10-13(17)8-9-14(12)20-5/h8-10,15H,6-7,11,18H2,1-5H3. The van der Waals surface area contributed by atoms with Gasteiger partial charge in [-0.25, -0.2) is 0 Å². The Morgan fingerprint density at radius 2 is 1.90 bits per heavy atom. The largest absolute Gasteiger partial charge is 0.496 e. The van der Waals surface area contributed by atoms with Crippen LogP contribution in [-0.2, 0) is 6.42 Å². The molecular formula is C16H27ClN2O. The molecule has 1 aromatic rings. The maximum absolute atomic E-state index is 6.47. The van der Waals surface area contributed by atoms with E-state index < -0.39 is 0 Å². The fourth-order valence-electron chi connectivity index (χ4n) is 2.67. The number of likely N-dealkylation sites (N-methyl/N-ethyl adjacent to an activating group) is 1. The predicted molar refractivity (Wildman–Crippen MR) is 86.7 cm³/mol. The average Bonchev–Trinajstić information content (AvgIpc) is 2.40. The molecule has 0 radical (unpaired) electrons. The SMILES string of the molecule is CCN(CC)C(C)(C)C(N)Cc1cc(Cl)ccc1OC. The Morgan fingerprint density at radius 3 is 2.40 bits per heavy atom. The lowest BCUT2D eigenvalue weighted by Gasteiger charge is -2.42. The third-order valence-electron chi connectivity index (χ3n) is 4.17. The Labute approximate surface area is 128 Å². The molecule has 0 aromatic heterocycles. The monoisotopic (exact) mass is 298 g/mol. The van der Waals surface area contributed by atoms with Gasteiger partial charge in [0.1, 0.15) is 5.75 Å². The zero-order valence-corrected chi connectivity index (χ0v) is 14.0. The zero-order valence-electron chi connectivity index (χ0n) is 13.2. The number of hydrogen-bond donors (Lipinski definition) is 1. The molecule has 2 N–H and O–H groups in total. The van der Waals surface area contributed by atoms with Crippen molar-refractivity contribution in [2.45, 2.75) is 45.7 Å². The van der Waals surface area contributed by atoms with Crippen LogP contribution in [0, 0.1) is 0 Å². The number of nitrogens with two attached hydrogens (primary N) is 1. The van der Waals surface area contributed by atoms with Crippen LogP contribution in [0.5, 0.6) is 5.75 Å². The average molecular weight is 299 g/mol. The van der Waals surface area contributed by atoms with E-state index in [2.05, 4.69) is 32.6 Å². The van der Waals surface area contributed by atoms with Crippen LogP contribution in [0.15, 0.2) is 18.2 Å². The van der Waals surface area contributed by atoms with Crippen LogP contribution in [0.2, 0.25) is 5.02 Å². The van der Waals surface area contributed by atoms with E-state index in [1.807, 2.05) is 18.2 Å². The van der Waals surface area contributed by atoms with E-state index in [-0.39, 0.29) is 11.6 Å². The van der Waals surface area contributed by atoms with Crippen molar-refractivity contribution in [3.8, 4) is 5.75 Å². The van der Waals surface area contributed by atoms with Crippen LogP contribution in [-0.4, -0.2) is 36.7 Å². The highest BCUT2D eigenvalue weighted by atomic mass is 35.5. The van der Waals surface area contributed by atoms with Gasteiger partial charge in [-0.15, -0.1) is 0 Å². The first kappa shape index (κ1) is 17.3. The first-order valence-corrected chi connectivity index (χ1v) is 7.57. The summed E-state index contributed by atoms with van der Waals surface area (Å²) >= 11 is 6.08. The van der Waals surface area contributed by atoms with Crippen molar-refractivity contribution in [1.82, 2.24) is 4.90 Å². The van der Waals surface area contributed by atoms with Gasteiger partial charge >= 0.3 is 0 Å². The van der Waals surface area contributed by atoms with E-state index in [4.69, 9.17) is 22.1 Å². The van der Waals surface area contributed by atoms with Crippen LogP contribution >= 0.6 is 11.6 Å². The van der Waals surface area contributed by atoms with Gasteiger partial charge < -0.3 is 10.5 Å². The number of nitrogens with zero attached hydrogens (tertiary/aromatic N) is 1. The summed E-state index contributed by atoms with van der Waals surface area (Å²) in [6, 6.07) is 5.69. The molecule has 0 saturated heterocycles. The Morgan fingerprint density at radius 1 is 1.30 bits per heavy atom. The first-order chi connectivity index (χ1) is 9.36. The molecule has 20 heavy (non-hydrogen) atoms. The Bertz CT molecular complexity index is 430. The highest BCUT2D eigenvalue weighted by Gasteiger charge is 2.31. The number of methoxy groups -OCH3 is 1. The van der Waals surface area contributed by atoms with E-state index in [9.17, 15) is 0 Å². The summed E-state index contributed by atoms with van der Waals surface area (Å²) in [6.07, 6.45) is 0.743. The summed E-state index contributed by atoms with van der Waals surface area (Å²) in [5.41, 5.74) is 7.46. The van der Waals surface area contributed by atoms with Crippen LogP contribution < -0.4 is 10.5 Å². The Kier molecular flexibility index (Phi) is 6.31. The lowest BCUT2D eigenvalue weighted by Crippen LogP contribution is -2.56. The molecule has 3 nitrogen and oxygen atoms in total. The van der Waals surface area contributed by atoms with Crippen molar-refractivity contribution < 1.29 is 4.74 Å². The molecule has 0 saturated carbocycles. The molecule has 0 bridgehead atoms. The van der Waals surface area contributed by atoms with Crippen LogP contribution in [0.3, 0.4) is 0 Å². The third-order valence-corrected chi connectivity index (χ3v) is 4.40. The summed E-state index contributed by atoms with van der Waals surface area (Å²) < 4.78 is 5.40. The maximum Gasteiger partial charge on any atom is 0.122 e. The van der Waals surface area contributed by atoms with E-state index in [1.54, 1.807) is 7.11 Å². The van der Waals surface area contributed by atoms with E-state index >= 15 is 0 Å². The normalized spacial score (nSPS) is 13.6. The Balaban J connectivity index is 2.94. The van der Waals surface area contributed by atoms with Crippen molar-refractivity contribution in [1.29, 1.82) is 0 Å². The minimum absolute atomic E-state index is 0.00904. The highest BCUT2D eigenvalue weighted by Crippen LogP contribution is 2.27. The molecule has 0 aliphatic carbocycles. The number of rotatable bonds is 7. The quantitative estimate of drug-likeness (QED) is 0.839. The molecule has 0 amide bonds. The van der Waals surface area contributed by atoms with Gasteiger partial charge in [0, 0.05) is 16.6 Å². The summed E-state index contributed by atoms with van der Waals surface area (Å²) in [7, 11) is 1.67. The second-order valence-corrected chi connectivity index (χ2v) is 6.03. The summed E-state index contributed by atoms with van der Waals surface area (Å²) in [5.74, 6) is 0.847. The fraction of sp³-hybridized carbons (Fsp3) is 0.625. The number of ether oxygens (including phenoxy) is 1. The van der Waals surface area contributed by atoms with Crippen molar-refractivity contribution in [2.24, 2.45) is 5.73 Å². The van der Waals surface area contributed by atoms with E-state index in [1.165, 1.54) is 0 Å². The van der Waals surface area contributed by atoms with E-state index in [0.717, 1.165) is 30.8 Å². The second-order valence-electron chi connectivity index (χ2n) is 5.59. The van der Waals surface area contributed by atoms with Crippen LogP contribution in [0.25, 0.3) is 0 Å². The zero-order chi connectivity index (χ0) is 15.3. The van der Waals surface area contributed by atoms with Gasteiger partial charge in [0.2, 0.25) is 0 Å². The number of halogens is 1. The molecule has 114 valence electrons. The lowest BCUT2D eigenvalue weighted by molar-refractivity contribution is 0.106. The fourth-order valence-corrected chi connectivity index (χ4v) is 2.86. The summed E-state index contributed by atoms with van der Waals surface area (Å²) in [5, 5.41) is 0.716. The molecule has 0 heterocycles. The van der Waals surface area contributed by atoms with Crippen LogP contribution in [0.1, 0.15) is 33.3 Å². The second kappa shape index (κ2) is 7.30. The molecule has 0 fully saturated rings. The smallest absolute Gasteiger partial charge is 0.122 e. The van der Waals surface area contributed by atoms with Gasteiger partial charge in [0.05, 0.1) is 7.11 Å². The van der Waals surface area contributed by atoms with E-state index in [0.29, 0.717) is 5.02 Å². The number of benzene rings is 1. The minimum atomic E-state index is -0.0726. The van der Waals surface area contributed by atoms with Crippen molar-refractivity contribution in [3.05, 3.63) is 28.8 Å². The molecule has 1 aromatic carbocycles. The van der Waals surface area contributed by atoms with Gasteiger partial charge in [0.25, 0.3) is 0 Å². The predicted octanol–water partition coefficient (Wildman–Crippen LogP) is 3.34. The summed E-state index contributed by atoms with van der Waals surface area (Å²) in [6.45, 7) is 10.7.